The van der Waals surface area contributed by atoms with Gasteiger partial charge in [0.2, 0.25) is 0 Å². The van der Waals surface area contributed by atoms with Crippen molar-refractivity contribution in [2.24, 2.45) is 0 Å². The van der Waals surface area contributed by atoms with Crippen LogP contribution in [-0.2, 0) is 14.3 Å². The number of carbonyl (C=O) groups excluding carboxylic acids is 1. The van der Waals surface area contributed by atoms with Crippen molar-refractivity contribution < 1.29 is 18.7 Å². The minimum atomic E-state index is -0.245. The topological polar surface area (TPSA) is 38.8 Å². The molecule has 1 fully saturated rings. The van der Waals surface area contributed by atoms with Crippen molar-refractivity contribution in [3.63, 3.8) is 0 Å². The van der Waals surface area contributed by atoms with E-state index in [4.69, 9.17) is 9.47 Å². The smallest absolute Gasteiger partial charge is 0.320 e. The van der Waals surface area contributed by atoms with Gasteiger partial charge in [0, 0.05) is 12.6 Å². The molecular weight excluding hydrogens is 273 g/mol. The van der Waals surface area contributed by atoms with Gasteiger partial charge in [0.05, 0.1) is 19.3 Å². The van der Waals surface area contributed by atoms with E-state index in [1.54, 1.807) is 19.1 Å². The molecule has 1 aromatic carbocycles. The first-order valence-corrected chi connectivity index (χ1v) is 7.33. The van der Waals surface area contributed by atoms with Gasteiger partial charge in [-0.3, -0.25) is 9.69 Å². The first kappa shape index (κ1) is 15.9. The molecule has 0 radical (unpaired) electrons. The second-order valence-electron chi connectivity index (χ2n) is 5.31. The molecule has 0 amide bonds. The molecule has 1 aromatic rings. The fraction of sp³-hybridized carbons (Fsp3) is 0.562. The monoisotopic (exact) mass is 295 g/mol. The Morgan fingerprint density at radius 2 is 2.14 bits per heavy atom. The zero-order valence-corrected chi connectivity index (χ0v) is 12.5. The summed E-state index contributed by atoms with van der Waals surface area (Å²) in [6.07, 6.45) is 1.63. The first-order chi connectivity index (χ1) is 10.1. The third-order valence-electron chi connectivity index (χ3n) is 3.81. The summed E-state index contributed by atoms with van der Waals surface area (Å²) in [6, 6.07) is 6.68. The molecule has 21 heavy (non-hydrogen) atoms. The maximum absolute atomic E-state index is 13.0. The van der Waals surface area contributed by atoms with Crippen LogP contribution in [0.5, 0.6) is 0 Å². The van der Waals surface area contributed by atoms with Gasteiger partial charge in [-0.05, 0) is 44.5 Å². The summed E-state index contributed by atoms with van der Waals surface area (Å²) >= 11 is 0. The Hall–Kier alpha value is -1.46. The molecule has 4 nitrogen and oxygen atoms in total. The number of ether oxygens (including phenoxy) is 2. The molecule has 0 N–H and O–H groups in total. The maximum atomic E-state index is 13.0. The maximum Gasteiger partial charge on any atom is 0.320 e. The van der Waals surface area contributed by atoms with Gasteiger partial charge in [0.15, 0.2) is 0 Å². The Labute approximate surface area is 124 Å². The molecule has 0 bridgehead atoms. The largest absolute Gasteiger partial charge is 0.465 e. The lowest BCUT2D eigenvalue weighted by Crippen LogP contribution is -2.40. The highest BCUT2D eigenvalue weighted by molar-refractivity contribution is 5.71. The molecule has 5 heteroatoms. The number of halogens is 1. The summed E-state index contributed by atoms with van der Waals surface area (Å²) in [6.45, 7) is 3.13. The fourth-order valence-electron chi connectivity index (χ4n) is 2.63. The molecule has 1 aliphatic heterocycles. The van der Waals surface area contributed by atoms with Gasteiger partial charge in [-0.1, -0.05) is 12.1 Å². The molecule has 0 aliphatic carbocycles. The van der Waals surface area contributed by atoms with E-state index in [9.17, 15) is 9.18 Å². The standard InChI is InChI=1S/C16H22FNO3/c1-3-20-16(19)11-18(2)14-8-9-21-15(10-14)12-4-6-13(17)7-5-12/h4-7,14-15H,3,8-11H2,1-2H3/t14-,15-/m0/s1. The van der Waals surface area contributed by atoms with E-state index in [1.165, 1.54) is 12.1 Å². The fourth-order valence-corrected chi connectivity index (χ4v) is 2.63. The van der Waals surface area contributed by atoms with Crippen LogP contribution in [0.15, 0.2) is 24.3 Å². The number of carbonyl (C=O) groups is 1. The molecule has 0 aromatic heterocycles. The van der Waals surface area contributed by atoms with Gasteiger partial charge in [-0.25, -0.2) is 4.39 Å². The molecule has 2 atom stereocenters. The molecule has 1 aliphatic rings. The van der Waals surface area contributed by atoms with Crippen LogP contribution in [0.1, 0.15) is 31.4 Å². The predicted octanol–water partition coefficient (Wildman–Crippen LogP) is 2.54. The summed E-state index contributed by atoms with van der Waals surface area (Å²) in [5.74, 6) is -0.449. The van der Waals surface area contributed by atoms with E-state index in [1.807, 2.05) is 11.9 Å². The number of esters is 1. The van der Waals surface area contributed by atoms with E-state index in [-0.39, 0.29) is 30.5 Å². The van der Waals surface area contributed by atoms with Crippen LogP contribution >= 0.6 is 0 Å². The van der Waals surface area contributed by atoms with Crippen LogP contribution in [0.4, 0.5) is 4.39 Å². The molecule has 1 saturated heterocycles. The average Bonchev–Trinajstić information content (AvgIpc) is 2.48. The van der Waals surface area contributed by atoms with E-state index >= 15 is 0 Å². The van der Waals surface area contributed by atoms with Gasteiger partial charge in [-0.15, -0.1) is 0 Å². The summed E-state index contributed by atoms with van der Waals surface area (Å²) in [7, 11) is 1.93. The van der Waals surface area contributed by atoms with Gasteiger partial charge in [0.1, 0.15) is 5.82 Å². The minimum Gasteiger partial charge on any atom is -0.465 e. The van der Waals surface area contributed by atoms with Gasteiger partial charge in [0.25, 0.3) is 0 Å². The van der Waals surface area contributed by atoms with Crippen LogP contribution in [0, 0.1) is 5.82 Å². The zero-order valence-electron chi connectivity index (χ0n) is 12.5. The summed E-state index contributed by atoms with van der Waals surface area (Å²) in [5, 5.41) is 0. The predicted molar refractivity (Wildman–Crippen MR) is 77.4 cm³/mol. The lowest BCUT2D eigenvalue weighted by molar-refractivity contribution is -0.145. The number of hydrogen-bond acceptors (Lipinski definition) is 4. The number of nitrogens with zero attached hydrogens (tertiary/aromatic N) is 1. The Bertz CT molecular complexity index is 463. The van der Waals surface area contributed by atoms with Crippen LogP contribution in [0.2, 0.25) is 0 Å². The van der Waals surface area contributed by atoms with Crippen molar-refractivity contribution in [2.75, 3.05) is 26.8 Å². The van der Waals surface area contributed by atoms with Gasteiger partial charge < -0.3 is 9.47 Å². The average molecular weight is 295 g/mol. The Balaban J connectivity index is 1.93. The molecule has 0 unspecified atom stereocenters. The lowest BCUT2D eigenvalue weighted by Gasteiger charge is -2.35. The highest BCUT2D eigenvalue weighted by Gasteiger charge is 2.27. The number of hydrogen-bond donors (Lipinski definition) is 0. The second kappa shape index (κ2) is 7.52. The van der Waals surface area contributed by atoms with Gasteiger partial charge in [-0.2, -0.15) is 0 Å². The summed E-state index contributed by atoms with van der Waals surface area (Å²) in [5.41, 5.74) is 0.977. The van der Waals surface area contributed by atoms with E-state index in [0.29, 0.717) is 13.2 Å². The summed E-state index contributed by atoms with van der Waals surface area (Å²) < 4.78 is 23.7. The van der Waals surface area contributed by atoms with Crippen molar-refractivity contribution in [3.8, 4) is 0 Å². The SMILES string of the molecule is CCOC(=O)CN(C)[C@H]1CCO[C@H](c2ccc(F)cc2)C1. The number of likely N-dealkylation sites (N-methyl/N-ethyl adjacent to an activating group) is 1. The van der Waals surface area contributed by atoms with E-state index < -0.39 is 0 Å². The van der Waals surface area contributed by atoms with Crippen molar-refractivity contribution in [2.45, 2.75) is 31.9 Å². The highest BCUT2D eigenvalue weighted by Crippen LogP contribution is 2.30. The number of benzene rings is 1. The number of rotatable bonds is 5. The Morgan fingerprint density at radius 3 is 2.81 bits per heavy atom. The zero-order chi connectivity index (χ0) is 15.2. The lowest BCUT2D eigenvalue weighted by atomic mass is 9.96. The highest BCUT2D eigenvalue weighted by atomic mass is 19.1. The van der Waals surface area contributed by atoms with Crippen LogP contribution in [0.3, 0.4) is 0 Å². The molecule has 116 valence electrons. The molecule has 0 spiro atoms. The van der Waals surface area contributed by atoms with Gasteiger partial charge >= 0.3 is 5.97 Å². The molecule has 0 saturated carbocycles. The first-order valence-electron chi connectivity index (χ1n) is 7.33. The van der Waals surface area contributed by atoms with E-state index in [0.717, 1.165) is 18.4 Å². The summed E-state index contributed by atoms with van der Waals surface area (Å²) in [4.78, 5) is 13.6. The van der Waals surface area contributed by atoms with Crippen molar-refractivity contribution >= 4 is 5.97 Å². The quantitative estimate of drug-likeness (QED) is 0.783. The van der Waals surface area contributed by atoms with Crippen LogP contribution in [0.25, 0.3) is 0 Å². The van der Waals surface area contributed by atoms with Crippen molar-refractivity contribution in [3.05, 3.63) is 35.6 Å². The Morgan fingerprint density at radius 1 is 1.43 bits per heavy atom. The third kappa shape index (κ3) is 4.51. The normalized spacial score (nSPS) is 22.3. The molecule has 2 rings (SSSR count). The Kier molecular flexibility index (Phi) is 5.70. The van der Waals surface area contributed by atoms with Crippen LogP contribution < -0.4 is 0 Å². The second-order valence-corrected chi connectivity index (χ2v) is 5.31. The van der Waals surface area contributed by atoms with Crippen LogP contribution in [-0.4, -0.2) is 43.7 Å². The van der Waals surface area contributed by atoms with Crippen molar-refractivity contribution in [1.29, 1.82) is 0 Å². The third-order valence-corrected chi connectivity index (χ3v) is 3.81. The molecular formula is C16H22FNO3. The molecule has 1 heterocycles. The van der Waals surface area contributed by atoms with Crippen molar-refractivity contribution in [1.82, 2.24) is 4.90 Å². The minimum absolute atomic E-state index is 0.0472. The van der Waals surface area contributed by atoms with E-state index in [2.05, 4.69) is 0 Å².